The second-order valence-electron chi connectivity index (χ2n) is 7.46. The molecule has 0 fully saturated rings. The number of nitrogens with zero attached hydrogens (tertiary/aromatic N) is 3. The van der Waals surface area contributed by atoms with Gasteiger partial charge in [0.1, 0.15) is 17.6 Å². The summed E-state index contributed by atoms with van der Waals surface area (Å²) in [6.45, 7) is 1.78. The largest absolute Gasteiger partial charge is 0.505 e. The van der Waals surface area contributed by atoms with Gasteiger partial charge in [-0.25, -0.2) is 17.6 Å². The smallest absolute Gasteiger partial charge is 0.450 e. The van der Waals surface area contributed by atoms with Gasteiger partial charge in [-0.1, -0.05) is 19.1 Å². The first-order chi connectivity index (χ1) is 15.8. The first-order valence-corrected chi connectivity index (χ1v) is 11.6. The van der Waals surface area contributed by atoms with Gasteiger partial charge in [0, 0.05) is 18.2 Å². The zero-order chi connectivity index (χ0) is 23.8. The normalized spacial score (nSPS) is 14.8. The number of rotatable bonds is 6. The molecule has 33 heavy (non-hydrogen) atoms. The number of hydrogen-bond donors (Lipinski definition) is 1. The van der Waals surface area contributed by atoms with Crippen LogP contribution in [0.3, 0.4) is 0 Å². The zero-order valence-electron chi connectivity index (χ0n) is 17.6. The van der Waals surface area contributed by atoms with Crippen LogP contribution in [0.2, 0.25) is 0 Å². The van der Waals surface area contributed by atoms with E-state index in [2.05, 4.69) is 10.8 Å². The second kappa shape index (κ2) is 8.60. The lowest BCUT2D eigenvalue weighted by Crippen LogP contribution is -2.39. The Hall–Kier alpha value is -3.84. The van der Waals surface area contributed by atoms with Crippen LogP contribution in [0.15, 0.2) is 59.5 Å². The number of ether oxygens (including phenoxy) is 1. The van der Waals surface area contributed by atoms with Gasteiger partial charge in [0.05, 0.1) is 28.9 Å². The summed E-state index contributed by atoms with van der Waals surface area (Å²) in [7, 11) is -4.10. The van der Waals surface area contributed by atoms with Crippen LogP contribution in [0, 0.1) is 17.1 Å². The predicted molar refractivity (Wildman–Crippen MR) is 117 cm³/mol. The monoisotopic (exact) mass is 469 g/mol. The van der Waals surface area contributed by atoms with Crippen LogP contribution in [-0.2, 0) is 21.2 Å². The third kappa shape index (κ3) is 3.91. The van der Waals surface area contributed by atoms with Crippen molar-refractivity contribution in [2.75, 3.05) is 10.9 Å². The third-order valence-corrected chi connectivity index (χ3v) is 7.39. The number of carbonyl (C=O) groups is 1. The molecule has 0 aliphatic carbocycles. The molecule has 0 saturated heterocycles. The molecule has 4 rings (SSSR count). The van der Waals surface area contributed by atoms with Gasteiger partial charge in [0.2, 0.25) is 0 Å². The summed E-state index contributed by atoms with van der Waals surface area (Å²) < 4.78 is 49.1. The van der Waals surface area contributed by atoms with Gasteiger partial charge in [0.25, 0.3) is 10.0 Å². The van der Waals surface area contributed by atoms with Crippen LogP contribution >= 0.6 is 0 Å². The van der Waals surface area contributed by atoms with Gasteiger partial charge in [-0.3, -0.25) is 4.31 Å². The van der Waals surface area contributed by atoms with Crippen molar-refractivity contribution in [3.63, 3.8) is 0 Å². The molecule has 1 aliphatic rings. The summed E-state index contributed by atoms with van der Waals surface area (Å²) in [5.41, 5.74) is 2.23. The van der Waals surface area contributed by atoms with Gasteiger partial charge in [0.15, 0.2) is 0 Å². The maximum absolute atomic E-state index is 14.3. The van der Waals surface area contributed by atoms with Gasteiger partial charge in [-0.2, -0.15) is 5.26 Å². The number of carboxylic acid groups (broad SMARTS) is 1. The minimum Gasteiger partial charge on any atom is -0.450 e. The van der Waals surface area contributed by atoms with Crippen molar-refractivity contribution in [1.29, 1.82) is 5.26 Å². The Bertz CT molecular complexity index is 1360. The standard InChI is InChI=1S/C23H20FN3O5S/c1-2-19-20-10-6-17(14-25)26(20)21-9-5-16(24)13-22(21)27(19)33(30,31)18-7-3-15(4-8-18)11-12-32-23(28)29/h3-10,13,19H,2,11-12H2,1H3,(H,28,29). The van der Waals surface area contributed by atoms with Crippen LogP contribution in [0.4, 0.5) is 14.9 Å². The van der Waals surface area contributed by atoms with Crippen molar-refractivity contribution in [3.05, 3.63) is 77.4 Å². The Morgan fingerprint density at radius 2 is 1.88 bits per heavy atom. The molecule has 1 unspecified atom stereocenters. The maximum Gasteiger partial charge on any atom is 0.505 e. The lowest BCUT2D eigenvalue weighted by molar-refractivity contribution is 0.0927. The van der Waals surface area contributed by atoms with Crippen LogP contribution in [-0.4, -0.2) is 30.9 Å². The molecule has 1 atom stereocenters. The fraction of sp³-hybridized carbons (Fsp3) is 0.217. The van der Waals surface area contributed by atoms with E-state index in [-0.39, 0.29) is 17.2 Å². The topological polar surface area (TPSA) is 113 Å². The van der Waals surface area contributed by atoms with Crippen LogP contribution in [0.5, 0.6) is 0 Å². The molecule has 8 nitrogen and oxygen atoms in total. The minimum atomic E-state index is -4.10. The molecule has 1 N–H and O–H groups in total. The highest BCUT2D eigenvalue weighted by molar-refractivity contribution is 7.92. The van der Waals surface area contributed by atoms with E-state index in [1.54, 1.807) is 28.8 Å². The highest BCUT2D eigenvalue weighted by atomic mass is 32.2. The molecule has 0 radical (unpaired) electrons. The van der Waals surface area contributed by atoms with E-state index in [1.807, 2.05) is 6.92 Å². The van der Waals surface area contributed by atoms with Crippen LogP contribution in [0.1, 0.15) is 36.3 Å². The summed E-state index contributed by atoms with van der Waals surface area (Å²) in [5.74, 6) is -0.591. The van der Waals surface area contributed by atoms with Crippen LogP contribution < -0.4 is 4.31 Å². The lowest BCUT2D eigenvalue weighted by atomic mass is 10.1. The zero-order valence-corrected chi connectivity index (χ0v) is 18.4. The highest BCUT2D eigenvalue weighted by Gasteiger charge is 2.39. The molecule has 1 aliphatic heterocycles. The number of benzene rings is 2. The second-order valence-corrected chi connectivity index (χ2v) is 9.27. The summed E-state index contributed by atoms with van der Waals surface area (Å²) in [6.07, 6.45) is -0.679. The fourth-order valence-corrected chi connectivity index (χ4v) is 5.79. The Morgan fingerprint density at radius 1 is 1.15 bits per heavy atom. The van der Waals surface area contributed by atoms with E-state index in [9.17, 15) is 22.9 Å². The van der Waals surface area contributed by atoms with E-state index in [4.69, 9.17) is 5.11 Å². The minimum absolute atomic E-state index is 0.0135. The molecule has 170 valence electrons. The molecule has 1 aromatic heterocycles. The SMILES string of the molecule is CCC1c2ccc(C#N)n2-c2ccc(F)cc2N1S(=O)(=O)c1ccc(CCOC(=O)O)cc1. The average Bonchev–Trinajstić information content (AvgIpc) is 3.22. The van der Waals surface area contributed by atoms with Crippen molar-refractivity contribution in [2.45, 2.75) is 30.7 Å². The fourth-order valence-electron chi connectivity index (χ4n) is 4.09. The Balaban J connectivity index is 1.78. The van der Waals surface area contributed by atoms with Gasteiger partial charge in [-0.05, 0) is 48.4 Å². The summed E-state index contributed by atoms with van der Waals surface area (Å²) in [6, 6.07) is 14.7. The van der Waals surface area contributed by atoms with Crippen molar-refractivity contribution in [1.82, 2.24) is 4.57 Å². The maximum atomic E-state index is 14.3. The van der Waals surface area contributed by atoms with Crippen molar-refractivity contribution >= 4 is 21.9 Å². The number of sulfonamides is 1. The number of hydrogen-bond acceptors (Lipinski definition) is 5. The molecular weight excluding hydrogens is 449 g/mol. The van der Waals surface area contributed by atoms with E-state index >= 15 is 0 Å². The number of anilines is 1. The molecule has 0 saturated carbocycles. The number of nitriles is 1. The summed E-state index contributed by atoms with van der Waals surface area (Å²) in [4.78, 5) is 10.5. The van der Waals surface area contributed by atoms with Gasteiger partial charge in [-0.15, -0.1) is 0 Å². The third-order valence-electron chi connectivity index (χ3n) is 5.55. The molecule has 2 aromatic carbocycles. The van der Waals surface area contributed by atoms with Crippen molar-refractivity contribution < 1.29 is 27.4 Å². The first-order valence-electron chi connectivity index (χ1n) is 10.2. The van der Waals surface area contributed by atoms with E-state index in [1.165, 1.54) is 28.6 Å². The van der Waals surface area contributed by atoms with Crippen molar-refractivity contribution in [3.8, 4) is 11.8 Å². The first kappa shape index (κ1) is 22.4. The summed E-state index contributed by atoms with van der Waals surface area (Å²) >= 11 is 0. The molecule has 0 amide bonds. The Morgan fingerprint density at radius 3 is 2.52 bits per heavy atom. The highest BCUT2D eigenvalue weighted by Crippen LogP contribution is 2.44. The van der Waals surface area contributed by atoms with E-state index in [0.717, 1.165) is 6.07 Å². The van der Waals surface area contributed by atoms with Gasteiger partial charge >= 0.3 is 6.16 Å². The molecule has 10 heteroatoms. The number of aromatic nitrogens is 1. The molecule has 3 aromatic rings. The Kier molecular flexibility index (Phi) is 5.82. The van der Waals surface area contributed by atoms with E-state index in [0.29, 0.717) is 35.5 Å². The van der Waals surface area contributed by atoms with E-state index < -0.39 is 28.0 Å². The molecule has 2 heterocycles. The number of halogens is 1. The average molecular weight is 469 g/mol. The van der Waals surface area contributed by atoms with Crippen LogP contribution in [0.25, 0.3) is 5.69 Å². The molecular formula is C23H20FN3O5S. The summed E-state index contributed by atoms with van der Waals surface area (Å²) in [5, 5.41) is 18.1. The Labute approximate surface area is 190 Å². The van der Waals surface area contributed by atoms with Gasteiger partial charge < -0.3 is 14.4 Å². The quantitative estimate of drug-likeness (QED) is 0.536. The number of fused-ring (bicyclic) bond motifs is 3. The van der Waals surface area contributed by atoms with Crippen molar-refractivity contribution in [2.24, 2.45) is 0 Å². The lowest BCUT2D eigenvalue weighted by Gasteiger charge is -2.38. The predicted octanol–water partition coefficient (Wildman–Crippen LogP) is 4.39. The molecule has 0 spiro atoms. The molecule has 0 bridgehead atoms.